The molecule has 1 aliphatic heterocycles. The first kappa shape index (κ1) is 18.5. The van der Waals surface area contributed by atoms with Crippen LogP contribution in [0, 0.1) is 6.92 Å². The van der Waals surface area contributed by atoms with Gasteiger partial charge in [0.15, 0.2) is 0 Å². The molecule has 1 aliphatic rings. The van der Waals surface area contributed by atoms with Crippen molar-refractivity contribution in [3.8, 4) is 0 Å². The maximum atomic E-state index is 4.22. The molecule has 2 rings (SSSR count). The largest absolute Gasteiger partial charge is 0.352 e. The number of nitrogens with zero attached hydrogens (tertiary/aromatic N) is 3. The first-order valence-electron chi connectivity index (χ1n) is 8.36. The second kappa shape index (κ2) is 8.34. The Morgan fingerprint density at radius 1 is 1.33 bits per heavy atom. The van der Waals surface area contributed by atoms with Gasteiger partial charge in [-0.2, -0.15) is 5.10 Å². The molecule has 0 amide bonds. The number of benzene rings is 1. The van der Waals surface area contributed by atoms with Gasteiger partial charge in [0.2, 0.25) is 0 Å². The van der Waals surface area contributed by atoms with Gasteiger partial charge in [-0.3, -0.25) is 0 Å². The zero-order chi connectivity index (χ0) is 17.6. The predicted molar refractivity (Wildman–Crippen MR) is 108 cm³/mol. The molecule has 0 aliphatic carbocycles. The van der Waals surface area contributed by atoms with Gasteiger partial charge in [0.1, 0.15) is 0 Å². The number of thioether (sulfide) groups is 1. The lowest BCUT2D eigenvalue weighted by Crippen LogP contribution is -2.17. The van der Waals surface area contributed by atoms with Crippen LogP contribution in [-0.4, -0.2) is 28.1 Å². The number of rotatable bonds is 9. The van der Waals surface area contributed by atoms with Crippen molar-refractivity contribution in [2.24, 2.45) is 10.2 Å². The molecule has 1 unspecified atom stereocenters. The van der Waals surface area contributed by atoms with Crippen LogP contribution in [0.25, 0.3) is 0 Å². The van der Waals surface area contributed by atoms with Crippen LogP contribution in [0.1, 0.15) is 37.3 Å². The molecule has 3 nitrogen and oxygen atoms in total. The van der Waals surface area contributed by atoms with Gasteiger partial charge < -0.3 is 4.90 Å². The van der Waals surface area contributed by atoms with Crippen LogP contribution in [0.4, 0.5) is 0 Å². The summed E-state index contributed by atoms with van der Waals surface area (Å²) in [4.78, 5) is 2.35. The Morgan fingerprint density at radius 3 is 2.62 bits per heavy atom. The molecule has 0 bridgehead atoms. The zero-order valence-electron chi connectivity index (χ0n) is 14.8. The minimum absolute atomic E-state index is 0.110. The van der Waals surface area contributed by atoms with Gasteiger partial charge in [0.05, 0.1) is 16.5 Å². The van der Waals surface area contributed by atoms with Crippen LogP contribution in [0.3, 0.4) is 0 Å². The van der Waals surface area contributed by atoms with Crippen LogP contribution >= 0.6 is 11.8 Å². The Labute approximate surface area is 150 Å². The van der Waals surface area contributed by atoms with E-state index < -0.39 is 0 Å². The fourth-order valence-corrected chi connectivity index (χ4v) is 4.06. The zero-order valence-corrected chi connectivity index (χ0v) is 15.6. The van der Waals surface area contributed by atoms with E-state index in [4.69, 9.17) is 0 Å². The standard InChI is InChI=1S/C20H27N3S/c1-6-14-20(7-2)17(4)23(20)15-24-19(22-21-5)13-12-18-10-8-16(3)9-11-18/h6,8-11H,1,4-5,7,12-15H2,2-3H3/b22-19-. The highest BCUT2D eigenvalue weighted by molar-refractivity contribution is 8.13. The maximum absolute atomic E-state index is 4.22. The molecule has 1 aromatic rings. The topological polar surface area (TPSA) is 27.7 Å². The van der Waals surface area contributed by atoms with Crippen LogP contribution in [-0.2, 0) is 6.42 Å². The lowest BCUT2D eigenvalue weighted by molar-refractivity contribution is 0.443. The molecular weight excluding hydrogens is 314 g/mol. The summed E-state index contributed by atoms with van der Waals surface area (Å²) in [5, 5.41) is 8.97. The van der Waals surface area contributed by atoms with E-state index in [9.17, 15) is 0 Å². The normalized spacial score (nSPS) is 20.2. The third-order valence-corrected chi connectivity index (χ3v) is 5.69. The van der Waals surface area contributed by atoms with Crippen molar-refractivity contribution in [1.29, 1.82) is 0 Å². The maximum Gasteiger partial charge on any atom is 0.0979 e. The molecule has 4 heteroatoms. The average Bonchev–Trinajstić information content (AvgIpc) is 3.15. The molecule has 0 radical (unpaired) electrons. The number of hydrogen-bond donors (Lipinski definition) is 0. The Morgan fingerprint density at radius 2 is 2.04 bits per heavy atom. The van der Waals surface area contributed by atoms with E-state index in [0.29, 0.717) is 0 Å². The summed E-state index contributed by atoms with van der Waals surface area (Å²) in [6.07, 6.45) is 5.85. The molecule has 0 spiro atoms. The SMILES string of the molecule is C=CCC1(CC)C(=C)N1CS/C(CCc1ccc(C)cc1)=N\N=C. The third-order valence-electron chi connectivity index (χ3n) is 4.69. The predicted octanol–water partition coefficient (Wildman–Crippen LogP) is 5.19. The van der Waals surface area contributed by atoms with Crippen molar-refractivity contribution < 1.29 is 0 Å². The van der Waals surface area contributed by atoms with E-state index in [0.717, 1.165) is 36.6 Å². The Kier molecular flexibility index (Phi) is 6.44. The summed E-state index contributed by atoms with van der Waals surface area (Å²) in [7, 11) is 0. The molecule has 128 valence electrons. The fraction of sp³-hybridized carbons (Fsp3) is 0.400. The van der Waals surface area contributed by atoms with Crippen molar-refractivity contribution in [3.05, 3.63) is 60.3 Å². The molecule has 0 N–H and O–H groups in total. The first-order valence-corrected chi connectivity index (χ1v) is 9.34. The number of hydrogen-bond acceptors (Lipinski definition) is 4. The molecule has 1 aromatic carbocycles. The highest BCUT2D eigenvalue weighted by atomic mass is 32.2. The van der Waals surface area contributed by atoms with Gasteiger partial charge in [-0.05, 0) is 31.7 Å². The lowest BCUT2D eigenvalue weighted by atomic mass is 10.0. The van der Waals surface area contributed by atoms with E-state index in [-0.39, 0.29) is 5.54 Å². The first-order chi connectivity index (χ1) is 11.6. The van der Waals surface area contributed by atoms with Crippen LogP contribution in [0.15, 0.2) is 59.4 Å². The summed E-state index contributed by atoms with van der Waals surface area (Å²) in [5.74, 6) is 0.864. The van der Waals surface area contributed by atoms with Crippen molar-refractivity contribution in [3.63, 3.8) is 0 Å². The van der Waals surface area contributed by atoms with Crippen LogP contribution < -0.4 is 0 Å². The molecular formula is C20H27N3S. The Balaban J connectivity index is 1.89. The Hall–Kier alpha value is -1.81. The summed E-state index contributed by atoms with van der Waals surface area (Å²) in [5.41, 5.74) is 3.93. The third kappa shape index (κ3) is 4.18. The fourth-order valence-electron chi connectivity index (χ4n) is 3.02. The second-order valence-corrected chi connectivity index (χ2v) is 7.16. The van der Waals surface area contributed by atoms with Crippen LogP contribution in [0.2, 0.25) is 0 Å². The van der Waals surface area contributed by atoms with Crippen molar-refractivity contribution in [1.82, 2.24) is 4.90 Å². The average molecular weight is 342 g/mol. The molecule has 1 heterocycles. The Bertz CT molecular complexity index is 633. The van der Waals surface area contributed by atoms with Crippen molar-refractivity contribution >= 4 is 23.5 Å². The monoisotopic (exact) mass is 341 g/mol. The minimum Gasteiger partial charge on any atom is -0.352 e. The van der Waals surface area contributed by atoms with Gasteiger partial charge in [0, 0.05) is 18.8 Å². The van der Waals surface area contributed by atoms with Crippen molar-refractivity contribution in [2.75, 3.05) is 5.88 Å². The lowest BCUT2D eigenvalue weighted by Gasteiger charge is -2.13. The summed E-state index contributed by atoms with van der Waals surface area (Å²) in [6.45, 7) is 15.9. The van der Waals surface area contributed by atoms with Gasteiger partial charge in [-0.1, -0.05) is 61.2 Å². The van der Waals surface area contributed by atoms with E-state index >= 15 is 0 Å². The highest BCUT2D eigenvalue weighted by Crippen LogP contribution is 2.50. The highest BCUT2D eigenvalue weighted by Gasteiger charge is 2.53. The second-order valence-electron chi connectivity index (χ2n) is 6.15. The molecule has 1 fully saturated rings. The van der Waals surface area contributed by atoms with Crippen LogP contribution in [0.5, 0.6) is 0 Å². The van der Waals surface area contributed by atoms with E-state index in [1.807, 2.05) is 6.08 Å². The molecule has 0 saturated carbocycles. The van der Waals surface area contributed by atoms with E-state index in [2.05, 4.69) is 73.1 Å². The molecule has 1 saturated heterocycles. The quantitative estimate of drug-likeness (QED) is 0.203. The summed E-state index contributed by atoms with van der Waals surface area (Å²) >= 11 is 1.73. The number of aryl methyl sites for hydroxylation is 2. The van der Waals surface area contributed by atoms with Gasteiger partial charge in [-0.15, -0.1) is 11.7 Å². The minimum atomic E-state index is 0.110. The van der Waals surface area contributed by atoms with Gasteiger partial charge >= 0.3 is 0 Å². The van der Waals surface area contributed by atoms with Crippen molar-refractivity contribution in [2.45, 2.75) is 45.1 Å². The molecule has 24 heavy (non-hydrogen) atoms. The van der Waals surface area contributed by atoms with Gasteiger partial charge in [-0.25, -0.2) is 0 Å². The van der Waals surface area contributed by atoms with E-state index in [1.54, 1.807) is 11.8 Å². The van der Waals surface area contributed by atoms with E-state index in [1.165, 1.54) is 16.8 Å². The summed E-state index contributed by atoms with van der Waals surface area (Å²) in [6, 6.07) is 8.65. The smallest absolute Gasteiger partial charge is 0.0979 e. The molecule has 0 aromatic heterocycles. The molecule has 1 atom stereocenters. The summed E-state index contributed by atoms with van der Waals surface area (Å²) < 4.78 is 0. The van der Waals surface area contributed by atoms with Gasteiger partial charge in [0.25, 0.3) is 0 Å².